The number of carbonyl (C=O) groups is 2. The maximum absolute atomic E-state index is 12.9. The minimum atomic E-state index is -0.937. The zero-order chi connectivity index (χ0) is 26.6. The number of benzene rings is 1. The summed E-state index contributed by atoms with van der Waals surface area (Å²) in [6, 6.07) is 4.06. The van der Waals surface area contributed by atoms with Crippen molar-refractivity contribution in [2.45, 2.75) is 58.2 Å². The number of aliphatic carboxylic acids is 1. The fourth-order valence-electron chi connectivity index (χ4n) is 5.90. The lowest BCUT2D eigenvalue weighted by atomic mass is 9.80. The third kappa shape index (κ3) is 6.52. The highest BCUT2D eigenvalue weighted by Gasteiger charge is 2.51. The van der Waals surface area contributed by atoms with Crippen molar-refractivity contribution in [3.05, 3.63) is 40.1 Å². The van der Waals surface area contributed by atoms with Crippen LogP contribution in [0, 0.1) is 20.8 Å². The first-order chi connectivity index (χ1) is 17.7. The lowest BCUT2D eigenvalue weighted by Gasteiger charge is -2.37. The molecular weight excluding hydrogens is 476 g/mol. The van der Waals surface area contributed by atoms with Crippen molar-refractivity contribution in [2.75, 3.05) is 59.1 Å². The van der Waals surface area contributed by atoms with Gasteiger partial charge in [0.15, 0.2) is 11.4 Å². The predicted molar refractivity (Wildman–Crippen MR) is 139 cm³/mol. The van der Waals surface area contributed by atoms with Gasteiger partial charge in [0.05, 0.1) is 19.3 Å². The number of carboxylic acid groups (broad SMARTS) is 1. The number of piperazine rings is 1. The van der Waals surface area contributed by atoms with E-state index in [-0.39, 0.29) is 18.5 Å². The number of hydrogen-bond acceptors (Lipinski definition) is 8. The molecule has 2 aliphatic heterocycles. The fourth-order valence-corrected chi connectivity index (χ4v) is 5.90. The summed E-state index contributed by atoms with van der Waals surface area (Å²) in [5, 5.41) is 19.8. The van der Waals surface area contributed by atoms with Crippen molar-refractivity contribution < 1.29 is 34.0 Å². The molecule has 2 N–H and O–H groups in total. The zero-order valence-corrected chi connectivity index (χ0v) is 22.3. The lowest BCUT2D eigenvalue weighted by molar-refractivity contribution is -0.152. The maximum Gasteiger partial charge on any atom is 0.343 e. The first kappa shape index (κ1) is 27.6. The van der Waals surface area contributed by atoms with E-state index in [9.17, 15) is 14.7 Å². The van der Waals surface area contributed by atoms with Crippen LogP contribution in [-0.2, 0) is 23.8 Å². The fraction of sp³-hybridized carbons (Fsp3) is 0.643. The Balaban J connectivity index is 1.21. The molecular formula is C28H40N2O7. The Kier molecular flexibility index (Phi) is 8.90. The molecule has 3 aliphatic rings. The van der Waals surface area contributed by atoms with Gasteiger partial charge in [-0.15, -0.1) is 0 Å². The third-order valence-corrected chi connectivity index (χ3v) is 7.83. The highest BCUT2D eigenvalue weighted by atomic mass is 16.6. The smallest absolute Gasteiger partial charge is 0.343 e. The number of carbonyl (C=O) groups excluding carboxylic acids is 1. The first-order valence-electron chi connectivity index (χ1n) is 13.3. The summed E-state index contributed by atoms with van der Waals surface area (Å²) in [6.07, 6.45) is 2.69. The maximum atomic E-state index is 12.9. The molecule has 0 radical (unpaired) electrons. The Morgan fingerprint density at radius 1 is 1.03 bits per heavy atom. The van der Waals surface area contributed by atoms with Crippen LogP contribution in [-0.4, -0.2) is 103 Å². The number of aryl methyl sites for hydroxylation is 3. The van der Waals surface area contributed by atoms with Crippen molar-refractivity contribution >= 4 is 17.5 Å². The minimum Gasteiger partial charge on any atom is -0.507 e. The molecule has 0 amide bonds. The zero-order valence-electron chi connectivity index (χ0n) is 22.3. The molecule has 1 aromatic rings. The van der Waals surface area contributed by atoms with Crippen LogP contribution in [0.4, 0.5) is 0 Å². The summed E-state index contributed by atoms with van der Waals surface area (Å²) in [7, 11) is 0. The summed E-state index contributed by atoms with van der Waals surface area (Å²) in [6.45, 7) is 12.2. The molecule has 1 saturated heterocycles. The van der Waals surface area contributed by atoms with Gasteiger partial charge in [0, 0.05) is 39.3 Å². The summed E-state index contributed by atoms with van der Waals surface area (Å²) in [4.78, 5) is 28.1. The second-order valence-electron chi connectivity index (χ2n) is 10.6. The first-order valence-corrected chi connectivity index (χ1v) is 13.3. The Labute approximate surface area is 219 Å². The average molecular weight is 517 g/mol. The molecule has 2 heterocycles. The molecule has 204 valence electrons. The van der Waals surface area contributed by atoms with Crippen molar-refractivity contribution in [2.24, 2.45) is 0 Å². The molecule has 1 aromatic carbocycles. The second kappa shape index (κ2) is 11.9. The predicted octanol–water partition coefficient (Wildman–Crippen LogP) is 2.85. The van der Waals surface area contributed by atoms with E-state index in [1.807, 2.05) is 32.9 Å². The van der Waals surface area contributed by atoms with Gasteiger partial charge in [0.1, 0.15) is 12.2 Å². The van der Waals surface area contributed by atoms with E-state index in [1.165, 1.54) is 0 Å². The molecule has 9 nitrogen and oxygen atoms in total. The molecule has 9 heteroatoms. The quantitative estimate of drug-likeness (QED) is 0.358. The standard InChI is InChI=1S/C28H40N2O7/c1-19-16-20(2)24(21(3)17-19)25-26(33)28(37-27(25)34)6-4-22(5-7-28)36-15-13-30-10-8-29(9-11-30)12-14-35-18-23(31)32/h16-17,22,33H,4-15,18H2,1-3H3,(H,31,32)/t22-,28+. The van der Waals surface area contributed by atoms with E-state index in [4.69, 9.17) is 19.3 Å². The largest absolute Gasteiger partial charge is 0.507 e. The van der Waals surface area contributed by atoms with Crippen LogP contribution in [0.5, 0.6) is 0 Å². The number of nitrogens with zero attached hydrogens (tertiary/aromatic N) is 2. The Bertz CT molecular complexity index is 998. The van der Waals surface area contributed by atoms with Crippen LogP contribution < -0.4 is 0 Å². The molecule has 0 atom stereocenters. The molecule has 0 aromatic heterocycles. The minimum absolute atomic E-state index is 0.0808. The topological polar surface area (TPSA) is 109 Å². The number of aliphatic hydroxyl groups is 1. The second-order valence-corrected chi connectivity index (χ2v) is 10.6. The summed E-state index contributed by atoms with van der Waals surface area (Å²) >= 11 is 0. The third-order valence-electron chi connectivity index (χ3n) is 7.83. The number of esters is 1. The van der Waals surface area contributed by atoms with Gasteiger partial charge in [-0.2, -0.15) is 0 Å². The number of rotatable bonds is 10. The van der Waals surface area contributed by atoms with Crippen molar-refractivity contribution in [3.8, 4) is 0 Å². The number of ether oxygens (including phenoxy) is 3. The number of hydrogen-bond donors (Lipinski definition) is 2. The van der Waals surface area contributed by atoms with Gasteiger partial charge in [-0.05, 0) is 63.1 Å². The highest BCUT2D eigenvalue weighted by molar-refractivity contribution is 6.20. The Morgan fingerprint density at radius 3 is 2.16 bits per heavy atom. The summed E-state index contributed by atoms with van der Waals surface area (Å²) in [5.74, 6) is -1.29. The SMILES string of the molecule is Cc1cc(C)c(C2=C(O)[C@]3(CC[C@H](OCCN4CCN(CCOCC(=O)O)CC4)CC3)OC2=O)c(C)c1. The van der Waals surface area contributed by atoms with Crippen LogP contribution in [0.2, 0.25) is 0 Å². The van der Waals surface area contributed by atoms with Crippen molar-refractivity contribution in [3.63, 3.8) is 0 Å². The van der Waals surface area contributed by atoms with Crippen LogP contribution in [0.15, 0.2) is 17.9 Å². The molecule has 0 bridgehead atoms. The summed E-state index contributed by atoms with van der Waals surface area (Å²) in [5.41, 5.74) is 3.25. The van der Waals surface area contributed by atoms with Gasteiger partial charge in [-0.25, -0.2) is 9.59 Å². The molecule has 0 unspecified atom stereocenters. The molecule has 2 fully saturated rings. The van der Waals surface area contributed by atoms with E-state index >= 15 is 0 Å². The van der Waals surface area contributed by atoms with Gasteiger partial charge >= 0.3 is 11.9 Å². The van der Waals surface area contributed by atoms with E-state index in [1.54, 1.807) is 0 Å². The van der Waals surface area contributed by atoms with Crippen LogP contribution in [0.3, 0.4) is 0 Å². The molecule has 1 saturated carbocycles. The summed E-state index contributed by atoms with van der Waals surface area (Å²) < 4.78 is 17.1. The normalized spacial score (nSPS) is 25.2. The van der Waals surface area contributed by atoms with E-state index in [0.717, 1.165) is 74.4 Å². The van der Waals surface area contributed by atoms with Crippen LogP contribution in [0.1, 0.15) is 47.9 Å². The molecule has 4 rings (SSSR count). The van der Waals surface area contributed by atoms with E-state index in [2.05, 4.69) is 9.80 Å². The number of aliphatic hydroxyl groups excluding tert-OH is 1. The number of carboxylic acids is 1. The molecule has 1 spiro atoms. The van der Waals surface area contributed by atoms with Gasteiger partial charge in [-0.1, -0.05) is 17.7 Å². The van der Waals surface area contributed by atoms with Crippen molar-refractivity contribution in [1.82, 2.24) is 9.80 Å². The Hall–Kier alpha value is -2.46. The van der Waals surface area contributed by atoms with Crippen LogP contribution >= 0.6 is 0 Å². The van der Waals surface area contributed by atoms with Crippen molar-refractivity contribution in [1.29, 1.82) is 0 Å². The highest BCUT2D eigenvalue weighted by Crippen LogP contribution is 2.46. The monoisotopic (exact) mass is 516 g/mol. The van der Waals surface area contributed by atoms with E-state index in [0.29, 0.717) is 31.6 Å². The Morgan fingerprint density at radius 2 is 1.59 bits per heavy atom. The van der Waals surface area contributed by atoms with Gasteiger partial charge < -0.3 is 24.4 Å². The average Bonchev–Trinajstić information content (AvgIpc) is 3.08. The van der Waals surface area contributed by atoms with E-state index < -0.39 is 17.5 Å². The molecule has 37 heavy (non-hydrogen) atoms. The van der Waals surface area contributed by atoms with Gasteiger partial charge in [-0.3, -0.25) is 9.80 Å². The van der Waals surface area contributed by atoms with Crippen LogP contribution in [0.25, 0.3) is 5.57 Å². The van der Waals surface area contributed by atoms with Gasteiger partial charge in [0.25, 0.3) is 0 Å². The van der Waals surface area contributed by atoms with Gasteiger partial charge in [0.2, 0.25) is 0 Å². The molecule has 1 aliphatic carbocycles. The lowest BCUT2D eigenvalue weighted by Crippen LogP contribution is -2.48.